The van der Waals surface area contributed by atoms with E-state index in [0.717, 1.165) is 0 Å². The van der Waals surface area contributed by atoms with Crippen LogP contribution in [0.3, 0.4) is 0 Å². The lowest BCUT2D eigenvalue weighted by molar-refractivity contribution is -0.139. The molecule has 1 atom stereocenters. The molecule has 94 valence electrons. The van der Waals surface area contributed by atoms with Gasteiger partial charge < -0.3 is 14.2 Å². The van der Waals surface area contributed by atoms with E-state index in [1.54, 1.807) is 13.8 Å². The third kappa shape index (κ3) is 4.82. The zero-order valence-electron chi connectivity index (χ0n) is 10.2. The molecule has 0 bridgehead atoms. The number of allylic oxidation sites excluding steroid dienone is 2. The van der Waals surface area contributed by atoms with Gasteiger partial charge in [-0.25, -0.2) is 9.59 Å². The maximum Gasteiger partial charge on any atom is 0.333 e. The first-order valence-electron chi connectivity index (χ1n) is 5.26. The normalized spacial score (nSPS) is 19.8. The second-order valence-electron chi connectivity index (χ2n) is 3.74. The molecule has 5 heteroatoms. The second kappa shape index (κ2) is 6.20. The first-order valence-corrected chi connectivity index (χ1v) is 5.26. The van der Waals surface area contributed by atoms with Crippen molar-refractivity contribution < 1.29 is 23.8 Å². The van der Waals surface area contributed by atoms with Crippen LogP contribution in [0.15, 0.2) is 23.3 Å². The van der Waals surface area contributed by atoms with Crippen LogP contribution in [0.25, 0.3) is 0 Å². The fourth-order valence-corrected chi connectivity index (χ4v) is 0.994. The van der Waals surface area contributed by atoms with Crippen LogP contribution < -0.4 is 0 Å². The summed E-state index contributed by atoms with van der Waals surface area (Å²) in [5.41, 5.74) is 0.846. The average molecular weight is 240 g/mol. The molecule has 0 N–H and O–H groups in total. The van der Waals surface area contributed by atoms with E-state index in [1.807, 2.05) is 0 Å². The molecular formula is C12H16O5. The van der Waals surface area contributed by atoms with Crippen LogP contribution in [-0.4, -0.2) is 38.4 Å². The highest BCUT2D eigenvalue weighted by Crippen LogP contribution is 2.10. The Kier molecular flexibility index (Phi) is 4.90. The van der Waals surface area contributed by atoms with E-state index in [2.05, 4.69) is 4.74 Å². The van der Waals surface area contributed by atoms with Gasteiger partial charge in [0.15, 0.2) is 0 Å². The van der Waals surface area contributed by atoms with Crippen LogP contribution in [0, 0.1) is 0 Å². The van der Waals surface area contributed by atoms with Gasteiger partial charge in [0.25, 0.3) is 0 Å². The van der Waals surface area contributed by atoms with Gasteiger partial charge in [-0.2, -0.15) is 0 Å². The van der Waals surface area contributed by atoms with Gasteiger partial charge in [0.1, 0.15) is 12.7 Å². The van der Waals surface area contributed by atoms with Gasteiger partial charge >= 0.3 is 11.9 Å². The molecule has 1 fully saturated rings. The van der Waals surface area contributed by atoms with Crippen molar-refractivity contribution in [2.24, 2.45) is 0 Å². The summed E-state index contributed by atoms with van der Waals surface area (Å²) in [5.74, 6) is -0.830. The van der Waals surface area contributed by atoms with E-state index in [-0.39, 0.29) is 12.7 Å². The monoisotopic (exact) mass is 240 g/mol. The molecule has 1 aliphatic rings. The zero-order chi connectivity index (χ0) is 12.8. The Hall–Kier alpha value is -1.62. The van der Waals surface area contributed by atoms with Crippen LogP contribution in [0.4, 0.5) is 0 Å². The number of hydrogen-bond acceptors (Lipinski definition) is 5. The number of ether oxygens (including phenoxy) is 3. The molecule has 1 aliphatic heterocycles. The highest BCUT2D eigenvalue weighted by molar-refractivity contribution is 5.90. The Morgan fingerprint density at radius 2 is 1.76 bits per heavy atom. The van der Waals surface area contributed by atoms with Gasteiger partial charge in [-0.05, 0) is 13.8 Å². The molecule has 0 aromatic carbocycles. The lowest BCUT2D eigenvalue weighted by atomic mass is 10.2. The molecule has 0 saturated carbocycles. The summed E-state index contributed by atoms with van der Waals surface area (Å²) in [5, 5.41) is 0. The van der Waals surface area contributed by atoms with Crippen molar-refractivity contribution in [3.05, 3.63) is 23.3 Å². The summed E-state index contributed by atoms with van der Waals surface area (Å²) in [4.78, 5) is 22.5. The molecule has 1 rings (SSSR count). The van der Waals surface area contributed by atoms with Gasteiger partial charge in [-0.1, -0.05) is 12.2 Å². The molecule has 0 radical (unpaired) electrons. The lowest BCUT2D eigenvalue weighted by Gasteiger charge is -2.02. The van der Waals surface area contributed by atoms with Crippen LogP contribution >= 0.6 is 0 Å². The predicted octanol–water partition coefficient (Wildman–Crippen LogP) is 0.994. The van der Waals surface area contributed by atoms with E-state index < -0.39 is 11.9 Å². The number of carbonyl (C=O) groups excluding carboxylic acids is 2. The average Bonchev–Trinajstić information content (AvgIpc) is 3.15. The van der Waals surface area contributed by atoms with Gasteiger partial charge in [0.05, 0.1) is 13.7 Å². The summed E-state index contributed by atoms with van der Waals surface area (Å²) in [6, 6.07) is 0. The summed E-state index contributed by atoms with van der Waals surface area (Å²) >= 11 is 0. The fraction of sp³-hybridized carbons (Fsp3) is 0.500. The first-order chi connectivity index (χ1) is 8.04. The molecule has 1 unspecified atom stereocenters. The van der Waals surface area contributed by atoms with Crippen molar-refractivity contribution in [3.63, 3.8) is 0 Å². The highest BCUT2D eigenvalue weighted by atomic mass is 16.6. The summed E-state index contributed by atoms with van der Waals surface area (Å²) < 4.78 is 14.4. The molecule has 17 heavy (non-hydrogen) atoms. The van der Waals surface area contributed by atoms with E-state index >= 15 is 0 Å². The Morgan fingerprint density at radius 1 is 1.24 bits per heavy atom. The van der Waals surface area contributed by atoms with Gasteiger partial charge in [0, 0.05) is 11.1 Å². The smallest absolute Gasteiger partial charge is 0.333 e. The van der Waals surface area contributed by atoms with Crippen LogP contribution in [0.5, 0.6) is 0 Å². The van der Waals surface area contributed by atoms with E-state index in [9.17, 15) is 9.59 Å². The molecule has 5 nitrogen and oxygen atoms in total. The van der Waals surface area contributed by atoms with Gasteiger partial charge in [-0.15, -0.1) is 0 Å². The maximum atomic E-state index is 11.4. The number of carbonyl (C=O) groups is 2. The quantitative estimate of drug-likeness (QED) is 0.310. The van der Waals surface area contributed by atoms with Crippen molar-refractivity contribution >= 4 is 11.9 Å². The summed E-state index contributed by atoms with van der Waals surface area (Å²) in [6.07, 6.45) is 3.11. The molecule has 0 aliphatic carbocycles. The van der Waals surface area contributed by atoms with Crippen molar-refractivity contribution in [1.82, 2.24) is 0 Å². The molecule has 1 saturated heterocycles. The maximum absolute atomic E-state index is 11.4. The SMILES string of the molecule is COC(=O)C(C)=CC=C(C)C(=O)OCC1CO1. The van der Waals surface area contributed by atoms with Gasteiger partial charge in [0.2, 0.25) is 0 Å². The number of esters is 2. The number of epoxide rings is 1. The number of rotatable bonds is 5. The third-order valence-electron chi connectivity index (χ3n) is 2.22. The van der Waals surface area contributed by atoms with Crippen molar-refractivity contribution in [2.75, 3.05) is 20.3 Å². The molecule has 0 aromatic rings. The number of hydrogen-bond donors (Lipinski definition) is 0. The Bertz CT molecular complexity index is 363. The minimum absolute atomic E-state index is 0.0547. The predicted molar refractivity (Wildman–Crippen MR) is 60.2 cm³/mol. The number of methoxy groups -OCH3 is 1. The molecular weight excluding hydrogens is 224 g/mol. The van der Waals surface area contributed by atoms with Crippen LogP contribution in [0.2, 0.25) is 0 Å². The topological polar surface area (TPSA) is 65.1 Å². The summed E-state index contributed by atoms with van der Waals surface area (Å²) in [7, 11) is 1.31. The lowest BCUT2D eigenvalue weighted by Crippen LogP contribution is -2.10. The second-order valence-corrected chi connectivity index (χ2v) is 3.74. The summed E-state index contributed by atoms with van der Waals surface area (Å²) in [6.45, 7) is 4.16. The Balaban J connectivity index is 2.45. The van der Waals surface area contributed by atoms with E-state index in [4.69, 9.17) is 9.47 Å². The van der Waals surface area contributed by atoms with Crippen molar-refractivity contribution in [2.45, 2.75) is 20.0 Å². The third-order valence-corrected chi connectivity index (χ3v) is 2.22. The van der Waals surface area contributed by atoms with E-state index in [0.29, 0.717) is 17.8 Å². The molecule has 0 spiro atoms. The van der Waals surface area contributed by atoms with Crippen LogP contribution in [-0.2, 0) is 23.8 Å². The standard InChI is InChI=1S/C12H16O5/c1-8(11(13)15-3)4-5-9(2)12(14)17-7-10-6-16-10/h4-5,10H,6-7H2,1-3H3. The van der Waals surface area contributed by atoms with E-state index in [1.165, 1.54) is 19.3 Å². The van der Waals surface area contributed by atoms with Crippen LogP contribution in [0.1, 0.15) is 13.8 Å². The first kappa shape index (κ1) is 13.4. The Labute approximate surface area is 100 Å². The Morgan fingerprint density at radius 3 is 2.24 bits per heavy atom. The largest absolute Gasteiger partial charge is 0.466 e. The van der Waals surface area contributed by atoms with Crippen molar-refractivity contribution in [3.8, 4) is 0 Å². The minimum atomic E-state index is -0.422. The zero-order valence-corrected chi connectivity index (χ0v) is 10.2. The minimum Gasteiger partial charge on any atom is -0.466 e. The molecule has 0 aromatic heterocycles. The van der Waals surface area contributed by atoms with Crippen molar-refractivity contribution in [1.29, 1.82) is 0 Å². The molecule has 0 amide bonds. The van der Waals surface area contributed by atoms with Gasteiger partial charge in [-0.3, -0.25) is 0 Å². The fourth-order valence-electron chi connectivity index (χ4n) is 0.994. The highest BCUT2D eigenvalue weighted by Gasteiger charge is 2.24. The molecule has 1 heterocycles.